The van der Waals surface area contributed by atoms with E-state index in [2.05, 4.69) is 34.9 Å². The van der Waals surface area contributed by atoms with Crippen LogP contribution in [-0.2, 0) is 17.6 Å². The summed E-state index contributed by atoms with van der Waals surface area (Å²) in [5.41, 5.74) is 2.74. The fourth-order valence-corrected chi connectivity index (χ4v) is 4.41. The van der Waals surface area contributed by atoms with Gasteiger partial charge in [-0.05, 0) is 49.7 Å². The number of nitrogens with one attached hydrogen (secondary N) is 2. The van der Waals surface area contributed by atoms with Gasteiger partial charge in [-0.15, -0.1) is 0 Å². The number of hydrogen-bond acceptors (Lipinski definition) is 2. The van der Waals surface area contributed by atoms with Gasteiger partial charge in [0.25, 0.3) is 0 Å². The van der Waals surface area contributed by atoms with Crippen molar-refractivity contribution in [1.82, 2.24) is 10.6 Å². The topological polar surface area (TPSA) is 50.4 Å². The zero-order valence-corrected chi connectivity index (χ0v) is 12.9. The fourth-order valence-electron chi connectivity index (χ4n) is 4.41. The van der Waals surface area contributed by atoms with Crippen molar-refractivity contribution in [2.75, 3.05) is 6.61 Å². The summed E-state index contributed by atoms with van der Waals surface area (Å²) in [7, 11) is 0. The molecule has 2 amide bonds. The molecule has 118 valence electrons. The number of carbonyl (C=O) groups excluding carboxylic acids is 1. The number of carbonyl (C=O) groups is 1. The highest BCUT2D eigenvalue weighted by Gasteiger charge is 2.38. The number of amides is 2. The second kappa shape index (κ2) is 5.92. The minimum atomic E-state index is -0.00430. The van der Waals surface area contributed by atoms with Crippen molar-refractivity contribution in [1.29, 1.82) is 0 Å². The summed E-state index contributed by atoms with van der Waals surface area (Å²) >= 11 is 0. The van der Waals surface area contributed by atoms with Crippen LogP contribution in [-0.4, -0.2) is 30.8 Å². The molecule has 22 heavy (non-hydrogen) atoms. The first-order chi connectivity index (χ1) is 10.8. The van der Waals surface area contributed by atoms with Crippen LogP contribution in [0.25, 0.3) is 0 Å². The third-order valence-electron chi connectivity index (χ3n) is 5.48. The first kappa shape index (κ1) is 14.1. The Kier molecular flexibility index (Phi) is 3.78. The minimum Gasteiger partial charge on any atom is -0.378 e. The number of rotatable bonds is 2. The van der Waals surface area contributed by atoms with Gasteiger partial charge in [-0.2, -0.15) is 0 Å². The van der Waals surface area contributed by atoms with Crippen molar-refractivity contribution in [2.24, 2.45) is 5.92 Å². The van der Waals surface area contributed by atoms with Crippen molar-refractivity contribution in [3.05, 3.63) is 35.4 Å². The molecular weight excluding hydrogens is 276 g/mol. The van der Waals surface area contributed by atoms with Crippen molar-refractivity contribution < 1.29 is 9.53 Å². The minimum absolute atomic E-state index is 0.00430. The van der Waals surface area contributed by atoms with E-state index in [4.69, 9.17) is 4.74 Å². The van der Waals surface area contributed by atoms with E-state index < -0.39 is 0 Å². The number of benzene rings is 1. The van der Waals surface area contributed by atoms with Gasteiger partial charge in [0.1, 0.15) is 0 Å². The molecule has 0 aromatic heterocycles. The highest BCUT2D eigenvalue weighted by Crippen LogP contribution is 2.34. The maximum Gasteiger partial charge on any atom is 0.315 e. The molecule has 0 spiro atoms. The van der Waals surface area contributed by atoms with Crippen LogP contribution in [0.4, 0.5) is 4.79 Å². The van der Waals surface area contributed by atoms with Gasteiger partial charge in [-0.25, -0.2) is 4.79 Å². The predicted octanol–water partition coefficient (Wildman–Crippen LogP) is 2.41. The second-order valence-electron chi connectivity index (χ2n) is 6.89. The lowest BCUT2D eigenvalue weighted by atomic mass is 9.82. The number of urea groups is 1. The molecule has 4 nitrogen and oxygen atoms in total. The predicted molar refractivity (Wildman–Crippen MR) is 84.8 cm³/mol. The van der Waals surface area contributed by atoms with Gasteiger partial charge in [0.05, 0.1) is 6.10 Å². The molecule has 1 heterocycles. The standard InChI is InChI=1S/C18H24N2O2/c21-18(19-14-10-12-4-1-2-5-13(12)11-14)20-16-6-3-7-17-15(16)8-9-22-17/h1-2,4-5,14-17H,3,6-11H2,(H2,19,20,21)/t15-,16+,17-/m0/s1. The molecule has 2 N–H and O–H groups in total. The van der Waals surface area contributed by atoms with E-state index in [0.717, 1.165) is 45.1 Å². The van der Waals surface area contributed by atoms with Crippen LogP contribution >= 0.6 is 0 Å². The molecule has 2 aliphatic carbocycles. The van der Waals surface area contributed by atoms with E-state index >= 15 is 0 Å². The Morgan fingerprint density at radius 2 is 1.82 bits per heavy atom. The first-order valence-corrected chi connectivity index (χ1v) is 8.55. The van der Waals surface area contributed by atoms with Gasteiger partial charge in [0.2, 0.25) is 0 Å². The average Bonchev–Trinajstić information content (AvgIpc) is 3.12. The molecule has 1 saturated heterocycles. The number of hydrogen-bond donors (Lipinski definition) is 2. The molecule has 2 fully saturated rings. The molecule has 1 saturated carbocycles. The molecule has 1 aromatic rings. The van der Waals surface area contributed by atoms with Gasteiger partial charge in [0.15, 0.2) is 0 Å². The largest absolute Gasteiger partial charge is 0.378 e. The normalized spacial score (nSPS) is 30.6. The SMILES string of the molecule is O=C(NC1Cc2ccccc2C1)N[C@@H]1CCC[C@@H]2OCC[C@H]21. The molecule has 1 aliphatic heterocycles. The van der Waals surface area contributed by atoms with Crippen LogP contribution in [0.5, 0.6) is 0 Å². The maximum absolute atomic E-state index is 12.3. The summed E-state index contributed by atoms with van der Waals surface area (Å²) in [5.74, 6) is 0.514. The van der Waals surface area contributed by atoms with Gasteiger partial charge < -0.3 is 15.4 Å². The fraction of sp³-hybridized carbons (Fsp3) is 0.611. The summed E-state index contributed by atoms with van der Waals surface area (Å²) in [4.78, 5) is 12.3. The summed E-state index contributed by atoms with van der Waals surface area (Å²) in [6, 6.07) is 8.98. The van der Waals surface area contributed by atoms with Crippen molar-refractivity contribution in [2.45, 2.75) is 56.7 Å². The number of fused-ring (bicyclic) bond motifs is 2. The van der Waals surface area contributed by atoms with Crippen LogP contribution in [0.1, 0.15) is 36.8 Å². The maximum atomic E-state index is 12.3. The van der Waals surface area contributed by atoms with E-state index in [1.165, 1.54) is 11.1 Å². The molecular formula is C18H24N2O2. The molecule has 0 radical (unpaired) electrons. The van der Waals surface area contributed by atoms with Gasteiger partial charge in [-0.1, -0.05) is 24.3 Å². The Labute approximate surface area is 131 Å². The third kappa shape index (κ3) is 2.72. The third-order valence-corrected chi connectivity index (χ3v) is 5.48. The van der Waals surface area contributed by atoms with Crippen molar-refractivity contribution in [3.63, 3.8) is 0 Å². The van der Waals surface area contributed by atoms with Crippen LogP contribution < -0.4 is 10.6 Å². The van der Waals surface area contributed by atoms with E-state index in [0.29, 0.717) is 12.0 Å². The zero-order valence-electron chi connectivity index (χ0n) is 12.9. The van der Waals surface area contributed by atoms with Crippen molar-refractivity contribution >= 4 is 6.03 Å². The molecule has 0 bridgehead atoms. The molecule has 3 atom stereocenters. The molecule has 1 aromatic carbocycles. The van der Waals surface area contributed by atoms with Crippen LogP contribution in [0.2, 0.25) is 0 Å². The first-order valence-electron chi connectivity index (χ1n) is 8.55. The van der Waals surface area contributed by atoms with E-state index in [9.17, 15) is 4.79 Å². The molecule has 3 aliphatic rings. The van der Waals surface area contributed by atoms with Crippen LogP contribution in [0, 0.1) is 5.92 Å². The Hall–Kier alpha value is -1.55. The summed E-state index contributed by atoms with van der Waals surface area (Å²) < 4.78 is 5.77. The molecule has 0 unspecified atom stereocenters. The van der Waals surface area contributed by atoms with Gasteiger partial charge >= 0.3 is 6.03 Å². The van der Waals surface area contributed by atoms with Crippen molar-refractivity contribution in [3.8, 4) is 0 Å². The zero-order chi connectivity index (χ0) is 14.9. The van der Waals surface area contributed by atoms with E-state index in [1.807, 2.05) is 0 Å². The smallest absolute Gasteiger partial charge is 0.315 e. The van der Waals surface area contributed by atoms with Crippen LogP contribution in [0.15, 0.2) is 24.3 Å². The van der Waals surface area contributed by atoms with Gasteiger partial charge in [-0.3, -0.25) is 0 Å². The number of ether oxygens (including phenoxy) is 1. The molecule has 4 heteroatoms. The Balaban J connectivity index is 1.32. The lowest BCUT2D eigenvalue weighted by Gasteiger charge is -2.33. The lowest BCUT2D eigenvalue weighted by molar-refractivity contribution is 0.0549. The monoisotopic (exact) mass is 300 g/mol. The average molecular weight is 300 g/mol. The van der Waals surface area contributed by atoms with Crippen LogP contribution in [0.3, 0.4) is 0 Å². The Bertz CT molecular complexity index is 535. The summed E-state index contributed by atoms with van der Waals surface area (Å²) in [6.45, 7) is 0.854. The van der Waals surface area contributed by atoms with E-state index in [1.54, 1.807) is 0 Å². The van der Waals surface area contributed by atoms with E-state index in [-0.39, 0.29) is 18.1 Å². The second-order valence-corrected chi connectivity index (χ2v) is 6.89. The summed E-state index contributed by atoms with van der Waals surface area (Å²) in [6.07, 6.45) is 6.75. The Morgan fingerprint density at radius 1 is 1.05 bits per heavy atom. The van der Waals surface area contributed by atoms with Gasteiger partial charge in [0, 0.05) is 24.6 Å². The molecule has 4 rings (SSSR count). The Morgan fingerprint density at radius 3 is 2.59 bits per heavy atom. The lowest BCUT2D eigenvalue weighted by Crippen LogP contribution is -2.51. The highest BCUT2D eigenvalue weighted by atomic mass is 16.5. The quantitative estimate of drug-likeness (QED) is 0.881. The highest BCUT2D eigenvalue weighted by molar-refractivity contribution is 5.75. The summed E-state index contributed by atoms with van der Waals surface area (Å²) in [5, 5.41) is 6.38.